The van der Waals surface area contributed by atoms with E-state index in [1.807, 2.05) is 6.92 Å². The average Bonchev–Trinajstić information content (AvgIpc) is 2.62. The third-order valence-corrected chi connectivity index (χ3v) is 4.03. The standard InChI is InChI=1S/C14H14BrClN2O3/c1-7-4-9(15)5-10(14(19)20)12(7)21-6-11-8(2)17-18(3)13(11)16/h4-5H,6H2,1-3H3,(H,19,20). The Bertz CT molecular complexity index is 713. The lowest BCUT2D eigenvalue weighted by Gasteiger charge is -2.12. The van der Waals surface area contributed by atoms with Crippen molar-refractivity contribution >= 4 is 33.5 Å². The number of hydrogen-bond donors (Lipinski definition) is 1. The molecule has 0 spiro atoms. The van der Waals surface area contributed by atoms with Crippen LogP contribution in [0.2, 0.25) is 5.15 Å². The van der Waals surface area contributed by atoms with E-state index in [1.54, 1.807) is 24.7 Å². The Morgan fingerprint density at radius 1 is 1.48 bits per heavy atom. The van der Waals surface area contributed by atoms with Crippen LogP contribution in [0.3, 0.4) is 0 Å². The van der Waals surface area contributed by atoms with E-state index >= 15 is 0 Å². The van der Waals surface area contributed by atoms with Crippen molar-refractivity contribution in [1.82, 2.24) is 9.78 Å². The topological polar surface area (TPSA) is 64.3 Å². The van der Waals surface area contributed by atoms with Gasteiger partial charge in [0.25, 0.3) is 0 Å². The summed E-state index contributed by atoms with van der Waals surface area (Å²) in [7, 11) is 1.74. The van der Waals surface area contributed by atoms with Gasteiger partial charge in [-0.3, -0.25) is 4.68 Å². The molecule has 1 heterocycles. The molecule has 0 amide bonds. The second-order valence-corrected chi connectivity index (χ2v) is 5.95. The molecule has 0 atom stereocenters. The Labute approximate surface area is 135 Å². The summed E-state index contributed by atoms with van der Waals surface area (Å²) >= 11 is 9.43. The van der Waals surface area contributed by atoms with Crippen molar-refractivity contribution in [2.75, 3.05) is 0 Å². The molecule has 0 aliphatic rings. The first-order valence-electron chi connectivity index (χ1n) is 6.15. The minimum absolute atomic E-state index is 0.111. The molecule has 1 aromatic heterocycles. The Balaban J connectivity index is 2.34. The molecule has 0 unspecified atom stereocenters. The molecule has 0 saturated heterocycles. The van der Waals surface area contributed by atoms with Gasteiger partial charge in [0.1, 0.15) is 23.1 Å². The van der Waals surface area contributed by atoms with E-state index in [-0.39, 0.29) is 12.2 Å². The molecule has 21 heavy (non-hydrogen) atoms. The molecular formula is C14H14BrClN2O3. The summed E-state index contributed by atoms with van der Waals surface area (Å²) in [5.41, 5.74) is 2.35. The number of halogens is 2. The van der Waals surface area contributed by atoms with Crippen molar-refractivity contribution in [3.63, 3.8) is 0 Å². The first-order valence-corrected chi connectivity index (χ1v) is 7.32. The smallest absolute Gasteiger partial charge is 0.339 e. The van der Waals surface area contributed by atoms with E-state index in [0.717, 1.165) is 16.8 Å². The number of nitrogens with zero attached hydrogens (tertiary/aromatic N) is 2. The van der Waals surface area contributed by atoms with Crippen LogP contribution in [-0.4, -0.2) is 20.9 Å². The number of aromatic carboxylic acids is 1. The van der Waals surface area contributed by atoms with Gasteiger partial charge in [0.05, 0.1) is 5.69 Å². The quantitative estimate of drug-likeness (QED) is 0.887. The minimum Gasteiger partial charge on any atom is -0.488 e. The fourth-order valence-electron chi connectivity index (χ4n) is 2.06. The van der Waals surface area contributed by atoms with E-state index < -0.39 is 5.97 Å². The van der Waals surface area contributed by atoms with Crippen LogP contribution >= 0.6 is 27.5 Å². The zero-order valence-corrected chi connectivity index (χ0v) is 14.1. The maximum absolute atomic E-state index is 11.3. The van der Waals surface area contributed by atoms with Gasteiger partial charge in [-0.25, -0.2) is 4.79 Å². The molecule has 1 N–H and O–H groups in total. The molecule has 1 aromatic carbocycles. The highest BCUT2D eigenvalue weighted by molar-refractivity contribution is 9.10. The van der Waals surface area contributed by atoms with Gasteiger partial charge in [0, 0.05) is 17.1 Å². The zero-order chi connectivity index (χ0) is 15.7. The molecule has 7 heteroatoms. The predicted octanol–water partition coefficient (Wildman–Crippen LogP) is 3.73. The van der Waals surface area contributed by atoms with Crippen molar-refractivity contribution in [3.05, 3.63) is 44.1 Å². The SMILES string of the molecule is Cc1cc(Br)cc(C(=O)O)c1OCc1c(C)nn(C)c1Cl. The van der Waals surface area contributed by atoms with E-state index in [1.165, 1.54) is 6.07 Å². The number of carboxylic acids is 1. The summed E-state index contributed by atoms with van der Waals surface area (Å²) in [6.45, 7) is 3.79. The van der Waals surface area contributed by atoms with Crippen molar-refractivity contribution < 1.29 is 14.6 Å². The van der Waals surface area contributed by atoms with Gasteiger partial charge < -0.3 is 9.84 Å². The highest BCUT2D eigenvalue weighted by atomic mass is 79.9. The number of hydrogen-bond acceptors (Lipinski definition) is 3. The van der Waals surface area contributed by atoms with Crippen LogP contribution in [0.4, 0.5) is 0 Å². The molecule has 5 nitrogen and oxygen atoms in total. The molecule has 112 valence electrons. The number of aromatic nitrogens is 2. The van der Waals surface area contributed by atoms with Crippen molar-refractivity contribution in [2.45, 2.75) is 20.5 Å². The molecule has 0 saturated carbocycles. The number of aryl methyl sites for hydroxylation is 3. The summed E-state index contributed by atoms with van der Waals surface area (Å²) in [5, 5.41) is 14.0. The predicted molar refractivity (Wildman–Crippen MR) is 83.1 cm³/mol. The van der Waals surface area contributed by atoms with Gasteiger partial charge in [-0.1, -0.05) is 27.5 Å². The molecule has 2 aromatic rings. The molecule has 0 radical (unpaired) electrons. The first-order chi connectivity index (χ1) is 9.81. The maximum atomic E-state index is 11.3. The molecule has 2 rings (SSSR count). The summed E-state index contributed by atoms with van der Waals surface area (Å²) in [6, 6.07) is 3.32. The second kappa shape index (κ2) is 6.07. The third-order valence-electron chi connectivity index (χ3n) is 3.10. The summed E-state index contributed by atoms with van der Waals surface area (Å²) < 4.78 is 7.96. The van der Waals surface area contributed by atoms with E-state index in [0.29, 0.717) is 15.4 Å². The Morgan fingerprint density at radius 3 is 2.67 bits per heavy atom. The fourth-order valence-corrected chi connectivity index (χ4v) is 2.86. The van der Waals surface area contributed by atoms with Crippen molar-refractivity contribution in [2.24, 2.45) is 7.05 Å². The monoisotopic (exact) mass is 372 g/mol. The van der Waals surface area contributed by atoms with Gasteiger partial charge in [0.15, 0.2) is 0 Å². The van der Waals surface area contributed by atoms with Gasteiger partial charge in [-0.15, -0.1) is 0 Å². The number of rotatable bonds is 4. The summed E-state index contributed by atoms with van der Waals surface area (Å²) in [4.78, 5) is 11.3. The molecular weight excluding hydrogens is 360 g/mol. The van der Waals surface area contributed by atoms with Crippen LogP contribution in [0.25, 0.3) is 0 Å². The highest BCUT2D eigenvalue weighted by Crippen LogP contribution is 2.30. The maximum Gasteiger partial charge on any atom is 0.339 e. The first kappa shape index (κ1) is 15.9. The third kappa shape index (κ3) is 3.22. The number of ether oxygens (including phenoxy) is 1. The molecule has 0 aliphatic heterocycles. The van der Waals surface area contributed by atoms with Crippen LogP contribution in [0, 0.1) is 13.8 Å². The average molecular weight is 374 g/mol. The normalized spacial score (nSPS) is 10.7. The van der Waals surface area contributed by atoms with Crippen LogP contribution < -0.4 is 4.74 Å². The van der Waals surface area contributed by atoms with Crippen molar-refractivity contribution in [1.29, 1.82) is 0 Å². The van der Waals surface area contributed by atoms with Gasteiger partial charge in [-0.05, 0) is 31.5 Å². The largest absolute Gasteiger partial charge is 0.488 e. The Hall–Kier alpha value is -1.53. The molecule has 0 aliphatic carbocycles. The van der Waals surface area contributed by atoms with Crippen molar-refractivity contribution in [3.8, 4) is 5.75 Å². The van der Waals surface area contributed by atoms with Crippen LogP contribution in [-0.2, 0) is 13.7 Å². The van der Waals surface area contributed by atoms with Gasteiger partial charge in [0.2, 0.25) is 0 Å². The van der Waals surface area contributed by atoms with E-state index in [9.17, 15) is 9.90 Å². The van der Waals surface area contributed by atoms with Crippen LogP contribution in [0.15, 0.2) is 16.6 Å². The number of carbonyl (C=O) groups is 1. The molecule has 0 bridgehead atoms. The fraction of sp³-hybridized carbons (Fsp3) is 0.286. The minimum atomic E-state index is -1.04. The lowest BCUT2D eigenvalue weighted by molar-refractivity contribution is 0.0691. The molecule has 0 fully saturated rings. The lowest BCUT2D eigenvalue weighted by Crippen LogP contribution is -2.06. The summed E-state index contributed by atoms with van der Waals surface area (Å²) in [6.07, 6.45) is 0. The summed E-state index contributed by atoms with van der Waals surface area (Å²) in [5.74, 6) is -0.701. The zero-order valence-electron chi connectivity index (χ0n) is 11.8. The van der Waals surface area contributed by atoms with E-state index in [4.69, 9.17) is 16.3 Å². The highest BCUT2D eigenvalue weighted by Gasteiger charge is 2.17. The second-order valence-electron chi connectivity index (χ2n) is 4.67. The van der Waals surface area contributed by atoms with E-state index in [2.05, 4.69) is 21.0 Å². The number of benzene rings is 1. The van der Waals surface area contributed by atoms with Crippen LogP contribution in [0.5, 0.6) is 5.75 Å². The van der Waals surface area contributed by atoms with Crippen LogP contribution in [0.1, 0.15) is 27.2 Å². The van der Waals surface area contributed by atoms with Gasteiger partial charge >= 0.3 is 5.97 Å². The lowest BCUT2D eigenvalue weighted by atomic mass is 10.1. The Morgan fingerprint density at radius 2 is 2.14 bits per heavy atom. The van der Waals surface area contributed by atoms with Gasteiger partial charge in [-0.2, -0.15) is 5.10 Å². The number of carboxylic acid groups (broad SMARTS) is 1. The Kier molecular flexibility index (Phi) is 4.58.